The number of aromatic nitrogens is 1. The quantitative estimate of drug-likeness (QED) is 0.853. The number of nitrogens with zero attached hydrogens (tertiary/aromatic N) is 1. The molecule has 0 spiro atoms. The molecule has 1 amide bonds. The minimum atomic E-state index is 0.0425. The Kier molecular flexibility index (Phi) is 5.55. The van der Waals surface area contributed by atoms with Crippen LogP contribution in [0.5, 0.6) is 5.75 Å². The van der Waals surface area contributed by atoms with Gasteiger partial charge in [-0.15, -0.1) is 11.3 Å². The number of amides is 1. The minimum absolute atomic E-state index is 0.0425. The van der Waals surface area contributed by atoms with E-state index in [0.717, 1.165) is 35.4 Å². The van der Waals surface area contributed by atoms with Crippen molar-refractivity contribution in [2.24, 2.45) is 5.92 Å². The Balaban J connectivity index is 2.22. The molecule has 1 aromatic heterocycles. The predicted octanol–water partition coefficient (Wildman–Crippen LogP) is 4.50. The number of nitrogens with one attached hydrogen (secondary N) is 1. The molecule has 0 aliphatic heterocycles. The predicted molar refractivity (Wildman–Crippen MR) is 91.5 cm³/mol. The summed E-state index contributed by atoms with van der Waals surface area (Å²) in [5, 5.41) is 5.49. The Hall–Kier alpha value is -1.88. The van der Waals surface area contributed by atoms with Crippen LogP contribution in [0, 0.1) is 12.8 Å². The zero-order chi connectivity index (χ0) is 16.1. The summed E-state index contributed by atoms with van der Waals surface area (Å²) in [5.41, 5.74) is 2.92. The van der Waals surface area contributed by atoms with E-state index in [0.29, 0.717) is 5.13 Å². The second-order valence-electron chi connectivity index (χ2n) is 5.24. The van der Waals surface area contributed by atoms with Crippen LogP contribution < -0.4 is 10.1 Å². The molecule has 1 N–H and O–H groups in total. The second kappa shape index (κ2) is 7.40. The fourth-order valence-corrected chi connectivity index (χ4v) is 3.06. The Morgan fingerprint density at radius 1 is 1.36 bits per heavy atom. The standard InChI is InChI=1S/C17H22N2O2S/c1-5-12(6-2)16(20)19-17-18-14(10-22-17)13-9-11(3)7-8-15(13)21-4/h7-10,12H,5-6H2,1-4H3,(H,18,19,20). The van der Waals surface area contributed by atoms with E-state index in [4.69, 9.17) is 4.74 Å². The van der Waals surface area contributed by atoms with Crippen LogP contribution >= 0.6 is 11.3 Å². The summed E-state index contributed by atoms with van der Waals surface area (Å²) in [4.78, 5) is 16.7. The van der Waals surface area contributed by atoms with Crippen molar-refractivity contribution in [3.63, 3.8) is 0 Å². The number of aryl methyl sites for hydroxylation is 1. The molecule has 1 heterocycles. The molecule has 0 atom stereocenters. The smallest absolute Gasteiger partial charge is 0.229 e. The van der Waals surface area contributed by atoms with Crippen LogP contribution in [0.1, 0.15) is 32.3 Å². The summed E-state index contributed by atoms with van der Waals surface area (Å²) >= 11 is 1.44. The average molecular weight is 318 g/mol. The van der Waals surface area contributed by atoms with Gasteiger partial charge in [-0.25, -0.2) is 4.98 Å². The highest BCUT2D eigenvalue weighted by Gasteiger charge is 2.16. The fourth-order valence-electron chi connectivity index (χ4n) is 2.34. The van der Waals surface area contributed by atoms with Crippen molar-refractivity contribution in [1.29, 1.82) is 0 Å². The first kappa shape index (κ1) is 16.5. The van der Waals surface area contributed by atoms with Crippen LogP contribution in [0.2, 0.25) is 0 Å². The topological polar surface area (TPSA) is 51.2 Å². The second-order valence-corrected chi connectivity index (χ2v) is 6.10. The lowest BCUT2D eigenvalue weighted by Gasteiger charge is -2.10. The maximum absolute atomic E-state index is 12.1. The summed E-state index contributed by atoms with van der Waals surface area (Å²) in [6.45, 7) is 6.09. The Labute approximate surface area is 135 Å². The molecule has 5 heteroatoms. The number of hydrogen-bond acceptors (Lipinski definition) is 4. The molecule has 1 aromatic carbocycles. The van der Waals surface area contributed by atoms with Gasteiger partial charge in [0.25, 0.3) is 0 Å². The first-order valence-corrected chi connectivity index (χ1v) is 8.38. The number of carbonyl (C=O) groups excluding carboxylic acids is 1. The third kappa shape index (κ3) is 3.65. The number of hydrogen-bond donors (Lipinski definition) is 1. The summed E-state index contributed by atoms with van der Waals surface area (Å²) in [6, 6.07) is 5.98. The monoisotopic (exact) mass is 318 g/mol. The maximum atomic E-state index is 12.1. The van der Waals surface area contributed by atoms with E-state index in [1.165, 1.54) is 11.3 Å². The molecule has 2 rings (SSSR count). The Bertz CT molecular complexity index is 648. The SMILES string of the molecule is CCC(CC)C(=O)Nc1nc(-c2cc(C)ccc2OC)cs1. The van der Waals surface area contributed by atoms with Crippen molar-refractivity contribution in [1.82, 2.24) is 4.98 Å². The van der Waals surface area contributed by atoms with Gasteiger partial charge in [0.2, 0.25) is 5.91 Å². The van der Waals surface area contributed by atoms with Gasteiger partial charge in [0.05, 0.1) is 12.8 Å². The zero-order valence-corrected chi connectivity index (χ0v) is 14.3. The molecule has 2 aromatic rings. The van der Waals surface area contributed by atoms with Gasteiger partial charge in [-0.2, -0.15) is 0 Å². The van der Waals surface area contributed by atoms with Crippen molar-refractivity contribution in [2.75, 3.05) is 12.4 Å². The highest BCUT2D eigenvalue weighted by atomic mass is 32.1. The van der Waals surface area contributed by atoms with Crippen molar-refractivity contribution in [3.8, 4) is 17.0 Å². The Morgan fingerprint density at radius 3 is 2.73 bits per heavy atom. The van der Waals surface area contributed by atoms with Gasteiger partial charge in [-0.05, 0) is 31.9 Å². The number of ether oxygens (including phenoxy) is 1. The van der Waals surface area contributed by atoms with E-state index in [2.05, 4.69) is 10.3 Å². The lowest BCUT2D eigenvalue weighted by atomic mass is 10.0. The molecule has 0 unspecified atom stereocenters. The van der Waals surface area contributed by atoms with E-state index >= 15 is 0 Å². The first-order valence-electron chi connectivity index (χ1n) is 7.50. The van der Waals surface area contributed by atoms with Crippen LogP contribution in [0.15, 0.2) is 23.6 Å². The van der Waals surface area contributed by atoms with Gasteiger partial charge in [-0.3, -0.25) is 4.79 Å². The van der Waals surface area contributed by atoms with Crippen molar-refractivity contribution >= 4 is 22.4 Å². The van der Waals surface area contributed by atoms with Crippen LogP contribution in [0.4, 0.5) is 5.13 Å². The summed E-state index contributed by atoms with van der Waals surface area (Å²) in [5.74, 6) is 0.872. The molecule has 0 saturated heterocycles. The largest absolute Gasteiger partial charge is 0.496 e. The lowest BCUT2D eigenvalue weighted by Crippen LogP contribution is -2.21. The number of thiazole rings is 1. The fraction of sp³-hybridized carbons (Fsp3) is 0.412. The van der Waals surface area contributed by atoms with Crippen molar-refractivity contribution < 1.29 is 9.53 Å². The molecule has 0 aliphatic carbocycles. The van der Waals surface area contributed by atoms with E-state index in [1.807, 2.05) is 44.4 Å². The van der Waals surface area contributed by atoms with Crippen molar-refractivity contribution in [3.05, 3.63) is 29.1 Å². The number of rotatable bonds is 6. The van der Waals surface area contributed by atoms with Gasteiger partial charge in [-0.1, -0.05) is 25.5 Å². The third-order valence-corrected chi connectivity index (χ3v) is 4.48. The summed E-state index contributed by atoms with van der Waals surface area (Å²) in [7, 11) is 1.65. The summed E-state index contributed by atoms with van der Waals surface area (Å²) < 4.78 is 5.40. The zero-order valence-electron chi connectivity index (χ0n) is 13.5. The molecular weight excluding hydrogens is 296 g/mol. The van der Waals surface area contributed by atoms with Crippen LogP contribution in [-0.4, -0.2) is 18.0 Å². The third-order valence-electron chi connectivity index (χ3n) is 3.72. The van der Waals surface area contributed by atoms with Crippen LogP contribution in [0.25, 0.3) is 11.3 Å². The van der Waals surface area contributed by atoms with E-state index in [9.17, 15) is 4.79 Å². The van der Waals surface area contributed by atoms with Gasteiger partial charge in [0.15, 0.2) is 5.13 Å². The molecule has 4 nitrogen and oxygen atoms in total. The van der Waals surface area contributed by atoms with Crippen LogP contribution in [0.3, 0.4) is 0 Å². The molecule has 22 heavy (non-hydrogen) atoms. The minimum Gasteiger partial charge on any atom is -0.496 e. The number of carbonyl (C=O) groups is 1. The molecule has 118 valence electrons. The van der Waals surface area contributed by atoms with E-state index in [1.54, 1.807) is 7.11 Å². The van der Waals surface area contributed by atoms with E-state index in [-0.39, 0.29) is 11.8 Å². The Morgan fingerprint density at radius 2 is 2.09 bits per heavy atom. The number of anilines is 1. The molecule has 0 fully saturated rings. The highest BCUT2D eigenvalue weighted by Crippen LogP contribution is 2.33. The molecular formula is C17H22N2O2S. The average Bonchev–Trinajstić information content (AvgIpc) is 2.96. The van der Waals surface area contributed by atoms with Crippen LogP contribution in [-0.2, 0) is 4.79 Å². The first-order chi connectivity index (χ1) is 10.6. The molecule has 0 aliphatic rings. The van der Waals surface area contributed by atoms with Crippen molar-refractivity contribution in [2.45, 2.75) is 33.6 Å². The number of methoxy groups -OCH3 is 1. The van der Waals surface area contributed by atoms with Gasteiger partial charge < -0.3 is 10.1 Å². The summed E-state index contributed by atoms with van der Waals surface area (Å²) in [6.07, 6.45) is 1.68. The normalized spacial score (nSPS) is 10.8. The van der Waals surface area contributed by atoms with Gasteiger partial charge in [0.1, 0.15) is 5.75 Å². The van der Waals surface area contributed by atoms with Gasteiger partial charge in [0, 0.05) is 16.9 Å². The maximum Gasteiger partial charge on any atom is 0.229 e. The molecule has 0 bridgehead atoms. The van der Waals surface area contributed by atoms with E-state index < -0.39 is 0 Å². The number of benzene rings is 1. The molecule has 0 saturated carbocycles. The lowest BCUT2D eigenvalue weighted by molar-refractivity contribution is -0.120. The molecule has 0 radical (unpaired) electrons. The highest BCUT2D eigenvalue weighted by molar-refractivity contribution is 7.14. The van der Waals surface area contributed by atoms with Gasteiger partial charge >= 0.3 is 0 Å².